The third kappa shape index (κ3) is 2.44. The fourth-order valence-corrected chi connectivity index (χ4v) is 1.93. The summed E-state index contributed by atoms with van der Waals surface area (Å²) in [5.41, 5.74) is 1.31. The van der Waals surface area contributed by atoms with Gasteiger partial charge in [-0.25, -0.2) is 14.3 Å². The van der Waals surface area contributed by atoms with Gasteiger partial charge in [-0.3, -0.25) is 4.79 Å². The van der Waals surface area contributed by atoms with Crippen LogP contribution in [0, 0.1) is 0 Å². The summed E-state index contributed by atoms with van der Waals surface area (Å²) in [6.45, 7) is 0. The average molecular weight is 282 g/mol. The fraction of sp³-hybridized carbons (Fsp3) is 0. The fourth-order valence-electron chi connectivity index (χ4n) is 1.93. The van der Waals surface area contributed by atoms with Crippen LogP contribution in [-0.2, 0) is 0 Å². The lowest BCUT2D eigenvalue weighted by Gasteiger charge is -2.04. The molecular formula is C14H10N4O3. The maximum absolute atomic E-state index is 12.2. The average Bonchev–Trinajstić information content (AvgIpc) is 2.91. The second-order valence-corrected chi connectivity index (χ2v) is 4.28. The molecule has 104 valence electrons. The molecule has 21 heavy (non-hydrogen) atoms. The van der Waals surface area contributed by atoms with E-state index in [2.05, 4.69) is 15.4 Å². The highest BCUT2D eigenvalue weighted by Crippen LogP contribution is 2.14. The van der Waals surface area contributed by atoms with Crippen molar-refractivity contribution in [3.8, 4) is 0 Å². The molecule has 2 N–H and O–H groups in total. The van der Waals surface area contributed by atoms with E-state index in [4.69, 9.17) is 5.11 Å². The lowest BCUT2D eigenvalue weighted by atomic mass is 10.2. The van der Waals surface area contributed by atoms with Crippen molar-refractivity contribution in [1.82, 2.24) is 14.6 Å². The highest BCUT2D eigenvalue weighted by molar-refractivity contribution is 6.09. The Balaban J connectivity index is 1.90. The predicted octanol–water partition coefficient (Wildman–Crippen LogP) is 1.68. The molecule has 0 spiro atoms. The van der Waals surface area contributed by atoms with Gasteiger partial charge in [0.1, 0.15) is 5.69 Å². The van der Waals surface area contributed by atoms with Crippen LogP contribution < -0.4 is 5.32 Å². The standard InChI is InChI=1S/C14H10N4O3/c19-13(10-8-16-18-6-2-1-3-12(10)18)17-9-4-5-15-11(7-9)14(20)21/h1-8H,(H,20,21)(H,15,17,19). The summed E-state index contributed by atoms with van der Waals surface area (Å²) in [6.07, 6.45) is 4.53. The highest BCUT2D eigenvalue weighted by atomic mass is 16.4. The lowest BCUT2D eigenvalue weighted by Crippen LogP contribution is -2.12. The number of aromatic nitrogens is 3. The number of rotatable bonds is 3. The van der Waals surface area contributed by atoms with Crippen molar-refractivity contribution in [1.29, 1.82) is 0 Å². The number of fused-ring (bicyclic) bond motifs is 1. The molecule has 3 rings (SSSR count). The first-order valence-corrected chi connectivity index (χ1v) is 6.08. The first-order chi connectivity index (χ1) is 10.1. The zero-order valence-corrected chi connectivity index (χ0v) is 10.7. The molecule has 0 saturated heterocycles. The molecule has 3 aromatic rings. The van der Waals surface area contributed by atoms with Gasteiger partial charge in [0.15, 0.2) is 0 Å². The maximum atomic E-state index is 12.2. The van der Waals surface area contributed by atoms with Gasteiger partial charge in [-0.1, -0.05) is 6.07 Å². The Labute approximate surface area is 118 Å². The van der Waals surface area contributed by atoms with E-state index in [1.54, 1.807) is 16.8 Å². The minimum atomic E-state index is -1.15. The molecule has 0 aliphatic heterocycles. The molecule has 3 heterocycles. The zero-order valence-electron chi connectivity index (χ0n) is 10.7. The normalized spacial score (nSPS) is 10.5. The van der Waals surface area contributed by atoms with Crippen molar-refractivity contribution >= 4 is 23.1 Å². The molecule has 7 heteroatoms. The van der Waals surface area contributed by atoms with Crippen molar-refractivity contribution < 1.29 is 14.7 Å². The van der Waals surface area contributed by atoms with Crippen LogP contribution in [-0.4, -0.2) is 31.6 Å². The Morgan fingerprint density at radius 2 is 2.10 bits per heavy atom. The Bertz CT molecular complexity index is 841. The van der Waals surface area contributed by atoms with E-state index in [9.17, 15) is 9.59 Å². The number of pyridine rings is 2. The summed E-state index contributed by atoms with van der Waals surface area (Å²) in [5.74, 6) is -1.51. The SMILES string of the molecule is O=C(O)c1cc(NC(=O)c2cnn3ccccc23)ccn1. The van der Waals surface area contributed by atoms with Crippen LogP contribution in [0.5, 0.6) is 0 Å². The molecule has 0 fully saturated rings. The number of nitrogens with one attached hydrogen (secondary N) is 1. The summed E-state index contributed by atoms with van der Waals surface area (Å²) >= 11 is 0. The molecule has 3 aromatic heterocycles. The van der Waals surface area contributed by atoms with E-state index in [1.165, 1.54) is 24.5 Å². The van der Waals surface area contributed by atoms with Gasteiger partial charge in [0.2, 0.25) is 0 Å². The van der Waals surface area contributed by atoms with Crippen molar-refractivity contribution in [2.24, 2.45) is 0 Å². The number of hydrogen-bond acceptors (Lipinski definition) is 4. The lowest BCUT2D eigenvalue weighted by molar-refractivity contribution is 0.0690. The van der Waals surface area contributed by atoms with E-state index in [-0.39, 0.29) is 11.6 Å². The van der Waals surface area contributed by atoms with Gasteiger partial charge in [0.25, 0.3) is 5.91 Å². The summed E-state index contributed by atoms with van der Waals surface area (Å²) in [7, 11) is 0. The van der Waals surface area contributed by atoms with Crippen molar-refractivity contribution in [2.45, 2.75) is 0 Å². The number of anilines is 1. The summed E-state index contributed by atoms with van der Waals surface area (Å²) in [5, 5.41) is 15.6. The minimum absolute atomic E-state index is 0.132. The van der Waals surface area contributed by atoms with E-state index in [0.29, 0.717) is 16.8 Å². The monoisotopic (exact) mass is 282 g/mol. The topological polar surface area (TPSA) is 96.6 Å². The van der Waals surface area contributed by atoms with Crippen molar-refractivity contribution in [2.75, 3.05) is 5.32 Å². The number of carbonyl (C=O) groups is 2. The van der Waals surface area contributed by atoms with Gasteiger partial charge in [-0.15, -0.1) is 0 Å². The minimum Gasteiger partial charge on any atom is -0.477 e. The van der Waals surface area contributed by atoms with Gasteiger partial charge < -0.3 is 10.4 Å². The smallest absolute Gasteiger partial charge is 0.354 e. The van der Waals surface area contributed by atoms with E-state index in [1.807, 2.05) is 12.1 Å². The van der Waals surface area contributed by atoms with Crippen molar-refractivity contribution in [3.63, 3.8) is 0 Å². The molecule has 0 aromatic carbocycles. The van der Waals surface area contributed by atoms with Crippen LogP contribution >= 0.6 is 0 Å². The number of amides is 1. The first-order valence-electron chi connectivity index (χ1n) is 6.08. The van der Waals surface area contributed by atoms with Gasteiger partial charge in [-0.2, -0.15) is 5.10 Å². The number of aromatic carboxylic acids is 1. The van der Waals surface area contributed by atoms with Crippen LogP contribution in [0.15, 0.2) is 48.9 Å². The number of carbonyl (C=O) groups excluding carboxylic acids is 1. The van der Waals surface area contributed by atoms with Gasteiger partial charge in [-0.05, 0) is 24.3 Å². The van der Waals surface area contributed by atoms with Crippen LogP contribution in [0.3, 0.4) is 0 Å². The maximum Gasteiger partial charge on any atom is 0.354 e. The number of nitrogens with zero attached hydrogens (tertiary/aromatic N) is 3. The molecule has 0 aliphatic carbocycles. The number of carboxylic acid groups (broad SMARTS) is 1. The number of hydrogen-bond donors (Lipinski definition) is 2. The molecule has 0 aliphatic rings. The third-order valence-electron chi connectivity index (χ3n) is 2.91. The second-order valence-electron chi connectivity index (χ2n) is 4.28. The van der Waals surface area contributed by atoms with Crippen LogP contribution in [0.2, 0.25) is 0 Å². The van der Waals surface area contributed by atoms with Crippen LogP contribution in [0.25, 0.3) is 5.52 Å². The van der Waals surface area contributed by atoms with Crippen LogP contribution in [0.4, 0.5) is 5.69 Å². The van der Waals surface area contributed by atoms with Gasteiger partial charge >= 0.3 is 5.97 Å². The highest BCUT2D eigenvalue weighted by Gasteiger charge is 2.13. The third-order valence-corrected chi connectivity index (χ3v) is 2.91. The van der Waals surface area contributed by atoms with Crippen molar-refractivity contribution in [3.05, 3.63) is 60.2 Å². The molecule has 0 unspecified atom stereocenters. The Hall–Kier alpha value is -3.22. The van der Waals surface area contributed by atoms with Gasteiger partial charge in [0.05, 0.1) is 17.3 Å². The molecule has 0 saturated carbocycles. The Morgan fingerprint density at radius 3 is 2.90 bits per heavy atom. The Kier molecular flexibility index (Phi) is 3.07. The van der Waals surface area contributed by atoms with E-state index < -0.39 is 5.97 Å². The summed E-state index contributed by atoms with van der Waals surface area (Å²) < 4.78 is 1.59. The van der Waals surface area contributed by atoms with Crippen LogP contribution in [0.1, 0.15) is 20.8 Å². The predicted molar refractivity (Wildman–Crippen MR) is 74.3 cm³/mol. The molecule has 0 radical (unpaired) electrons. The number of carboxylic acids is 1. The summed E-state index contributed by atoms with van der Waals surface area (Å²) in [6, 6.07) is 8.21. The first kappa shape index (κ1) is 12.8. The van der Waals surface area contributed by atoms with Gasteiger partial charge in [0, 0.05) is 18.1 Å². The largest absolute Gasteiger partial charge is 0.477 e. The molecule has 0 atom stereocenters. The second kappa shape index (κ2) is 5.04. The van der Waals surface area contributed by atoms with E-state index >= 15 is 0 Å². The van der Waals surface area contributed by atoms with E-state index in [0.717, 1.165) is 0 Å². The summed E-state index contributed by atoms with van der Waals surface area (Å²) in [4.78, 5) is 26.8. The molecular weight excluding hydrogens is 272 g/mol. The molecule has 1 amide bonds. The Morgan fingerprint density at radius 1 is 1.24 bits per heavy atom. The molecule has 7 nitrogen and oxygen atoms in total. The molecule has 0 bridgehead atoms. The zero-order chi connectivity index (χ0) is 14.8. The quantitative estimate of drug-likeness (QED) is 0.761.